The number of aryl methyl sites for hydroxylation is 1. The first kappa shape index (κ1) is 11.9. The third kappa shape index (κ3) is 2.51. The molecule has 0 unspecified atom stereocenters. The van der Waals surface area contributed by atoms with Crippen molar-refractivity contribution in [1.82, 2.24) is 15.3 Å². The highest BCUT2D eigenvalue weighted by Crippen LogP contribution is 2.17. The second-order valence-electron chi connectivity index (χ2n) is 4.76. The van der Waals surface area contributed by atoms with Crippen LogP contribution >= 0.6 is 0 Å². The van der Waals surface area contributed by atoms with Gasteiger partial charge in [-0.05, 0) is 41.8 Å². The number of fused-ring (bicyclic) bond motifs is 1. The fraction of sp³-hybridized carbons (Fsp3) is 0.188. The largest absolute Gasteiger partial charge is 0.361 e. The summed E-state index contributed by atoms with van der Waals surface area (Å²) in [5.74, 6) is 0. The van der Waals surface area contributed by atoms with Crippen molar-refractivity contribution in [3.8, 4) is 0 Å². The Balaban J connectivity index is 1.70. The molecule has 0 saturated carbocycles. The number of rotatable bonds is 4. The molecular formula is C16H17N3. The molecule has 96 valence electrons. The molecule has 1 aromatic carbocycles. The van der Waals surface area contributed by atoms with Crippen molar-refractivity contribution in [2.24, 2.45) is 0 Å². The number of nitrogens with zero attached hydrogens (tertiary/aromatic N) is 1. The number of hydrogen-bond donors (Lipinski definition) is 2. The SMILES string of the molecule is Cc1ccncc1CNCc1cccc2[nH]ccc12. The first-order valence-electron chi connectivity index (χ1n) is 6.50. The lowest BCUT2D eigenvalue weighted by Gasteiger charge is -2.08. The van der Waals surface area contributed by atoms with E-state index in [1.165, 1.54) is 27.6 Å². The van der Waals surface area contributed by atoms with Gasteiger partial charge >= 0.3 is 0 Å². The summed E-state index contributed by atoms with van der Waals surface area (Å²) in [6, 6.07) is 10.5. The molecule has 3 nitrogen and oxygen atoms in total. The molecule has 3 rings (SSSR count). The number of aromatic nitrogens is 2. The summed E-state index contributed by atoms with van der Waals surface area (Å²) in [7, 11) is 0. The van der Waals surface area contributed by atoms with Crippen LogP contribution in [0.25, 0.3) is 10.9 Å². The highest BCUT2D eigenvalue weighted by atomic mass is 14.9. The van der Waals surface area contributed by atoms with E-state index in [0.29, 0.717) is 0 Å². The Morgan fingerprint density at radius 1 is 1.11 bits per heavy atom. The van der Waals surface area contributed by atoms with Crippen molar-refractivity contribution >= 4 is 10.9 Å². The molecule has 2 heterocycles. The first-order chi connectivity index (χ1) is 9.34. The standard InChI is InChI=1S/C16H17N3/c1-12-5-7-17-10-14(12)11-18-9-13-3-2-4-16-15(13)6-8-19-16/h2-8,10,18-19H,9,11H2,1H3. The fourth-order valence-electron chi connectivity index (χ4n) is 2.32. The molecule has 2 N–H and O–H groups in total. The van der Waals surface area contributed by atoms with Crippen LogP contribution in [0.4, 0.5) is 0 Å². The summed E-state index contributed by atoms with van der Waals surface area (Å²) in [5, 5.41) is 4.78. The predicted molar refractivity (Wildman–Crippen MR) is 77.8 cm³/mol. The molecule has 0 fully saturated rings. The first-order valence-corrected chi connectivity index (χ1v) is 6.50. The van der Waals surface area contributed by atoms with E-state index in [2.05, 4.69) is 46.5 Å². The van der Waals surface area contributed by atoms with Gasteiger partial charge in [0.1, 0.15) is 0 Å². The topological polar surface area (TPSA) is 40.7 Å². The van der Waals surface area contributed by atoms with Gasteiger partial charge in [0.2, 0.25) is 0 Å². The normalized spacial score (nSPS) is 11.0. The van der Waals surface area contributed by atoms with Gasteiger partial charge in [-0.1, -0.05) is 12.1 Å². The molecule has 0 radical (unpaired) electrons. The third-order valence-electron chi connectivity index (χ3n) is 3.46. The van der Waals surface area contributed by atoms with Crippen molar-refractivity contribution in [2.75, 3.05) is 0 Å². The fourth-order valence-corrected chi connectivity index (χ4v) is 2.32. The van der Waals surface area contributed by atoms with E-state index in [1.807, 2.05) is 24.7 Å². The smallest absolute Gasteiger partial charge is 0.0457 e. The Morgan fingerprint density at radius 3 is 2.89 bits per heavy atom. The van der Waals surface area contributed by atoms with E-state index in [-0.39, 0.29) is 0 Å². The summed E-state index contributed by atoms with van der Waals surface area (Å²) in [4.78, 5) is 7.41. The van der Waals surface area contributed by atoms with E-state index in [4.69, 9.17) is 0 Å². The lowest BCUT2D eigenvalue weighted by Crippen LogP contribution is -2.13. The van der Waals surface area contributed by atoms with Crippen LogP contribution in [0.1, 0.15) is 16.7 Å². The number of benzene rings is 1. The van der Waals surface area contributed by atoms with Gasteiger partial charge in [0, 0.05) is 42.6 Å². The van der Waals surface area contributed by atoms with Crippen LogP contribution in [0.15, 0.2) is 48.9 Å². The number of H-pyrrole nitrogens is 1. The van der Waals surface area contributed by atoms with E-state index in [1.54, 1.807) is 0 Å². The summed E-state index contributed by atoms with van der Waals surface area (Å²) in [6.07, 6.45) is 5.75. The monoisotopic (exact) mass is 251 g/mol. The molecule has 0 aliphatic heterocycles. The maximum absolute atomic E-state index is 4.17. The Hall–Kier alpha value is -2.13. The maximum Gasteiger partial charge on any atom is 0.0457 e. The molecule has 0 spiro atoms. The van der Waals surface area contributed by atoms with Crippen LogP contribution in [0.3, 0.4) is 0 Å². The van der Waals surface area contributed by atoms with Crippen LogP contribution in [0, 0.1) is 6.92 Å². The third-order valence-corrected chi connectivity index (χ3v) is 3.46. The van der Waals surface area contributed by atoms with Crippen LogP contribution in [-0.4, -0.2) is 9.97 Å². The molecule has 0 saturated heterocycles. The Labute approximate surface area is 112 Å². The molecule has 0 aliphatic carbocycles. The Bertz CT molecular complexity index is 685. The van der Waals surface area contributed by atoms with Crippen LogP contribution in [-0.2, 0) is 13.1 Å². The van der Waals surface area contributed by atoms with Gasteiger partial charge in [0.25, 0.3) is 0 Å². The van der Waals surface area contributed by atoms with Crippen molar-refractivity contribution in [3.05, 3.63) is 65.6 Å². The lowest BCUT2D eigenvalue weighted by atomic mass is 10.1. The van der Waals surface area contributed by atoms with Crippen molar-refractivity contribution in [2.45, 2.75) is 20.0 Å². The van der Waals surface area contributed by atoms with E-state index in [9.17, 15) is 0 Å². The minimum Gasteiger partial charge on any atom is -0.361 e. The van der Waals surface area contributed by atoms with Crippen LogP contribution < -0.4 is 5.32 Å². The van der Waals surface area contributed by atoms with Gasteiger partial charge < -0.3 is 10.3 Å². The predicted octanol–water partition coefficient (Wildman–Crippen LogP) is 3.16. The van der Waals surface area contributed by atoms with Crippen LogP contribution in [0.5, 0.6) is 0 Å². The summed E-state index contributed by atoms with van der Waals surface area (Å²) < 4.78 is 0. The quantitative estimate of drug-likeness (QED) is 0.747. The van der Waals surface area contributed by atoms with Gasteiger partial charge in [-0.2, -0.15) is 0 Å². The molecule has 0 atom stereocenters. The summed E-state index contributed by atoms with van der Waals surface area (Å²) in [5.41, 5.74) is 5.04. The number of nitrogens with one attached hydrogen (secondary N) is 2. The molecule has 0 bridgehead atoms. The van der Waals surface area contributed by atoms with Crippen molar-refractivity contribution < 1.29 is 0 Å². The second-order valence-corrected chi connectivity index (χ2v) is 4.76. The van der Waals surface area contributed by atoms with Crippen molar-refractivity contribution in [1.29, 1.82) is 0 Å². The van der Waals surface area contributed by atoms with E-state index in [0.717, 1.165) is 13.1 Å². The van der Waals surface area contributed by atoms with Gasteiger partial charge in [0.15, 0.2) is 0 Å². The highest BCUT2D eigenvalue weighted by molar-refractivity contribution is 5.82. The molecular weight excluding hydrogens is 234 g/mol. The van der Waals surface area contributed by atoms with Crippen molar-refractivity contribution in [3.63, 3.8) is 0 Å². The zero-order chi connectivity index (χ0) is 13.1. The second kappa shape index (κ2) is 5.24. The zero-order valence-electron chi connectivity index (χ0n) is 11.0. The molecule has 3 heteroatoms. The molecule has 0 aliphatic rings. The van der Waals surface area contributed by atoms with Gasteiger partial charge in [0.05, 0.1) is 0 Å². The lowest BCUT2D eigenvalue weighted by molar-refractivity contribution is 0.691. The van der Waals surface area contributed by atoms with Gasteiger partial charge in [-0.15, -0.1) is 0 Å². The molecule has 19 heavy (non-hydrogen) atoms. The van der Waals surface area contributed by atoms with E-state index < -0.39 is 0 Å². The Morgan fingerprint density at radius 2 is 2.00 bits per heavy atom. The van der Waals surface area contributed by atoms with E-state index >= 15 is 0 Å². The maximum atomic E-state index is 4.17. The number of hydrogen-bond acceptors (Lipinski definition) is 2. The molecule has 2 aromatic heterocycles. The average molecular weight is 251 g/mol. The van der Waals surface area contributed by atoms with Gasteiger partial charge in [-0.3, -0.25) is 4.98 Å². The van der Waals surface area contributed by atoms with Crippen LogP contribution in [0.2, 0.25) is 0 Å². The van der Waals surface area contributed by atoms with Gasteiger partial charge in [-0.25, -0.2) is 0 Å². The summed E-state index contributed by atoms with van der Waals surface area (Å²) in [6.45, 7) is 3.83. The highest BCUT2D eigenvalue weighted by Gasteiger charge is 2.02. The number of aromatic amines is 1. The summed E-state index contributed by atoms with van der Waals surface area (Å²) >= 11 is 0. The average Bonchev–Trinajstić information content (AvgIpc) is 2.90. The molecule has 3 aromatic rings. The number of pyridine rings is 1. The zero-order valence-corrected chi connectivity index (χ0v) is 11.0. The molecule has 0 amide bonds. The minimum atomic E-state index is 0.848. The minimum absolute atomic E-state index is 0.848. The Kier molecular flexibility index (Phi) is 3.29.